The van der Waals surface area contributed by atoms with Crippen molar-refractivity contribution < 1.29 is 23.5 Å². The van der Waals surface area contributed by atoms with Crippen LogP contribution < -0.4 is 10.6 Å². The van der Waals surface area contributed by atoms with Gasteiger partial charge in [-0.3, -0.25) is 14.4 Å². The molecule has 2 atom stereocenters. The highest BCUT2D eigenvalue weighted by molar-refractivity contribution is 7.12. The number of amides is 3. The summed E-state index contributed by atoms with van der Waals surface area (Å²) in [6.07, 6.45) is 1.75. The zero-order chi connectivity index (χ0) is 25.3. The molecule has 1 fully saturated rings. The van der Waals surface area contributed by atoms with Gasteiger partial charge in [0.25, 0.3) is 5.91 Å². The summed E-state index contributed by atoms with van der Waals surface area (Å²) in [6.45, 7) is 0.777. The smallest absolute Gasteiger partial charge is 0.261 e. The van der Waals surface area contributed by atoms with Crippen LogP contribution in [0.1, 0.15) is 39.7 Å². The predicted octanol–water partition coefficient (Wildman–Crippen LogP) is 3.68. The summed E-state index contributed by atoms with van der Waals surface area (Å²) in [6, 6.07) is 17.2. The molecule has 36 heavy (non-hydrogen) atoms. The fourth-order valence-electron chi connectivity index (χ4n) is 4.09. The maximum atomic E-state index is 13.5. The molecule has 188 valence electrons. The van der Waals surface area contributed by atoms with Crippen molar-refractivity contribution in [1.82, 2.24) is 15.5 Å². The minimum atomic E-state index is -0.955. The molecule has 1 aliphatic heterocycles. The number of rotatable bonds is 10. The zero-order valence-electron chi connectivity index (χ0n) is 19.7. The lowest BCUT2D eigenvalue weighted by molar-refractivity contribution is -0.141. The van der Waals surface area contributed by atoms with Crippen molar-refractivity contribution >= 4 is 29.1 Å². The Morgan fingerprint density at radius 3 is 2.47 bits per heavy atom. The van der Waals surface area contributed by atoms with E-state index in [1.807, 2.05) is 6.07 Å². The molecule has 1 aliphatic rings. The number of nitrogens with one attached hydrogen (secondary N) is 2. The molecule has 0 bridgehead atoms. The van der Waals surface area contributed by atoms with E-state index in [0.29, 0.717) is 29.2 Å². The van der Waals surface area contributed by atoms with Gasteiger partial charge in [-0.2, -0.15) is 0 Å². The van der Waals surface area contributed by atoms with E-state index in [9.17, 15) is 18.8 Å². The number of ether oxygens (including phenoxy) is 1. The van der Waals surface area contributed by atoms with Crippen molar-refractivity contribution in [2.45, 2.75) is 31.5 Å². The Morgan fingerprint density at radius 2 is 1.81 bits per heavy atom. The van der Waals surface area contributed by atoms with E-state index >= 15 is 0 Å². The Hall–Kier alpha value is -3.56. The average molecular weight is 510 g/mol. The van der Waals surface area contributed by atoms with Crippen molar-refractivity contribution in [3.05, 3.63) is 93.9 Å². The van der Waals surface area contributed by atoms with Gasteiger partial charge < -0.3 is 20.3 Å². The average Bonchev–Trinajstić information content (AvgIpc) is 3.62. The number of thiophene rings is 1. The molecule has 0 spiro atoms. The summed E-state index contributed by atoms with van der Waals surface area (Å²) in [7, 11) is 0. The highest BCUT2D eigenvalue weighted by atomic mass is 32.1. The summed E-state index contributed by atoms with van der Waals surface area (Å²) in [5, 5.41) is 7.37. The number of carbonyl (C=O) groups is 3. The molecule has 2 aromatic carbocycles. The first-order chi connectivity index (χ1) is 17.5. The Kier molecular flexibility index (Phi) is 8.80. The summed E-state index contributed by atoms with van der Waals surface area (Å²) < 4.78 is 19.2. The SMILES string of the molecule is O=C(NCC(=O)N(Cc1ccc(F)cc1)[C@H](C(=O)NC[C@@H]1CCCO1)c1ccccc1)c1cccs1. The van der Waals surface area contributed by atoms with Crippen molar-refractivity contribution in [3.8, 4) is 0 Å². The van der Waals surface area contributed by atoms with Gasteiger partial charge in [0, 0.05) is 19.7 Å². The molecule has 1 saturated heterocycles. The summed E-state index contributed by atoms with van der Waals surface area (Å²) in [5.74, 6) is -1.55. The Morgan fingerprint density at radius 1 is 1.03 bits per heavy atom. The fraction of sp³-hybridized carbons (Fsp3) is 0.296. The molecule has 2 N–H and O–H groups in total. The van der Waals surface area contributed by atoms with Crippen LogP contribution in [0.15, 0.2) is 72.1 Å². The van der Waals surface area contributed by atoms with Crippen molar-refractivity contribution in [2.24, 2.45) is 0 Å². The second-order valence-electron chi connectivity index (χ2n) is 8.50. The second kappa shape index (κ2) is 12.4. The third kappa shape index (κ3) is 6.77. The normalized spacial score (nSPS) is 15.8. The van der Waals surface area contributed by atoms with Crippen LogP contribution in [0.4, 0.5) is 4.39 Å². The van der Waals surface area contributed by atoms with Gasteiger partial charge in [0.1, 0.15) is 11.9 Å². The van der Waals surface area contributed by atoms with Crippen LogP contribution in [0.25, 0.3) is 0 Å². The van der Waals surface area contributed by atoms with Gasteiger partial charge in [0.2, 0.25) is 11.8 Å². The summed E-state index contributed by atoms with van der Waals surface area (Å²) in [4.78, 5) is 41.4. The third-order valence-corrected chi connectivity index (χ3v) is 6.80. The number of hydrogen-bond donors (Lipinski definition) is 2. The standard InChI is InChI=1S/C27H28FN3O4S/c28-21-12-10-19(11-13-21)18-31(24(32)17-30-26(33)23-9-5-15-36-23)25(20-6-2-1-3-7-20)27(34)29-16-22-8-4-14-35-22/h1-3,5-7,9-13,15,22,25H,4,8,14,16-18H2,(H,29,34)(H,30,33)/t22-,25-/m0/s1. The molecule has 0 saturated carbocycles. The Bertz CT molecular complexity index is 1150. The van der Waals surface area contributed by atoms with Crippen LogP contribution in [0.5, 0.6) is 0 Å². The molecule has 4 rings (SSSR count). The van der Waals surface area contributed by atoms with Gasteiger partial charge in [0.05, 0.1) is 17.5 Å². The Balaban J connectivity index is 1.58. The fourth-order valence-corrected chi connectivity index (χ4v) is 4.73. The molecule has 7 nitrogen and oxygen atoms in total. The first-order valence-electron chi connectivity index (χ1n) is 11.8. The molecule has 0 aliphatic carbocycles. The molecular formula is C27H28FN3O4S. The van der Waals surface area contributed by atoms with Gasteiger partial charge in [-0.1, -0.05) is 48.5 Å². The number of benzene rings is 2. The van der Waals surface area contributed by atoms with Crippen molar-refractivity contribution in [3.63, 3.8) is 0 Å². The monoisotopic (exact) mass is 509 g/mol. The number of carbonyl (C=O) groups excluding carboxylic acids is 3. The van der Waals surface area contributed by atoms with E-state index in [0.717, 1.165) is 12.8 Å². The minimum Gasteiger partial charge on any atom is -0.376 e. The van der Waals surface area contributed by atoms with Crippen molar-refractivity contribution in [1.29, 1.82) is 0 Å². The topological polar surface area (TPSA) is 87.7 Å². The minimum absolute atomic E-state index is 0.0564. The van der Waals surface area contributed by atoms with E-state index in [-0.39, 0.29) is 31.0 Å². The molecule has 9 heteroatoms. The largest absolute Gasteiger partial charge is 0.376 e. The summed E-state index contributed by atoms with van der Waals surface area (Å²) in [5.41, 5.74) is 1.28. The van der Waals surface area contributed by atoms with E-state index in [4.69, 9.17) is 4.74 Å². The maximum absolute atomic E-state index is 13.5. The van der Waals surface area contributed by atoms with E-state index in [1.54, 1.807) is 53.9 Å². The van der Waals surface area contributed by atoms with Crippen LogP contribution in [-0.2, 0) is 20.9 Å². The maximum Gasteiger partial charge on any atom is 0.261 e. The third-order valence-electron chi connectivity index (χ3n) is 5.93. The lowest BCUT2D eigenvalue weighted by atomic mass is 10.0. The van der Waals surface area contributed by atoms with Crippen LogP contribution in [0, 0.1) is 5.82 Å². The number of hydrogen-bond acceptors (Lipinski definition) is 5. The zero-order valence-corrected chi connectivity index (χ0v) is 20.5. The molecule has 0 unspecified atom stereocenters. The van der Waals surface area contributed by atoms with E-state index in [2.05, 4.69) is 10.6 Å². The van der Waals surface area contributed by atoms with Gasteiger partial charge in [0.15, 0.2) is 0 Å². The van der Waals surface area contributed by atoms with Gasteiger partial charge in [-0.15, -0.1) is 11.3 Å². The molecule has 2 heterocycles. The number of nitrogens with zero attached hydrogens (tertiary/aromatic N) is 1. The lowest BCUT2D eigenvalue weighted by Gasteiger charge is -2.32. The Labute approximate surface area is 213 Å². The predicted molar refractivity (Wildman–Crippen MR) is 135 cm³/mol. The quantitative estimate of drug-likeness (QED) is 0.437. The highest BCUT2D eigenvalue weighted by Gasteiger charge is 2.32. The van der Waals surface area contributed by atoms with Crippen molar-refractivity contribution in [2.75, 3.05) is 19.7 Å². The molecule has 0 radical (unpaired) electrons. The van der Waals surface area contributed by atoms with E-state index in [1.165, 1.54) is 28.4 Å². The van der Waals surface area contributed by atoms with Gasteiger partial charge >= 0.3 is 0 Å². The molecule has 3 amide bonds. The first kappa shape index (κ1) is 25.5. The number of halogens is 1. The van der Waals surface area contributed by atoms with Crippen LogP contribution >= 0.6 is 11.3 Å². The highest BCUT2D eigenvalue weighted by Crippen LogP contribution is 2.24. The summed E-state index contributed by atoms with van der Waals surface area (Å²) >= 11 is 1.27. The lowest BCUT2D eigenvalue weighted by Crippen LogP contribution is -2.47. The molecule has 1 aromatic heterocycles. The molecular weight excluding hydrogens is 481 g/mol. The second-order valence-corrected chi connectivity index (χ2v) is 9.45. The van der Waals surface area contributed by atoms with Crippen LogP contribution in [-0.4, -0.2) is 48.4 Å². The first-order valence-corrected chi connectivity index (χ1v) is 12.7. The van der Waals surface area contributed by atoms with Crippen LogP contribution in [0.2, 0.25) is 0 Å². The molecule has 3 aromatic rings. The van der Waals surface area contributed by atoms with Crippen LogP contribution in [0.3, 0.4) is 0 Å². The van der Waals surface area contributed by atoms with Gasteiger partial charge in [-0.05, 0) is 47.5 Å². The van der Waals surface area contributed by atoms with E-state index < -0.39 is 17.8 Å². The van der Waals surface area contributed by atoms with Gasteiger partial charge in [-0.25, -0.2) is 4.39 Å².